The van der Waals surface area contributed by atoms with E-state index in [9.17, 15) is 22.8 Å². The lowest BCUT2D eigenvalue weighted by molar-refractivity contribution is -0.141. The number of hydrogen-bond acceptors (Lipinski definition) is 6. The third-order valence-electron chi connectivity index (χ3n) is 2.36. The minimum Gasteiger partial charge on any atom is -0.341 e. The number of anilines is 3. The van der Waals surface area contributed by atoms with Gasteiger partial charge in [0.15, 0.2) is 0 Å². The van der Waals surface area contributed by atoms with E-state index in [1.807, 2.05) is 0 Å². The molecule has 2 heterocycles. The normalized spacial score (nSPS) is 11.1. The molecule has 0 fully saturated rings. The number of aromatic nitrogens is 3. The summed E-state index contributed by atoms with van der Waals surface area (Å²) in [7, 11) is 1.35. The number of rotatable bonds is 3. The fourth-order valence-electron chi connectivity index (χ4n) is 1.38. The molecule has 0 aromatic carbocycles. The zero-order valence-electron chi connectivity index (χ0n) is 10.9. The van der Waals surface area contributed by atoms with Crippen LogP contribution in [-0.2, 0) is 6.18 Å². The average Bonchev–Trinajstić information content (AvgIpc) is 2.79. The summed E-state index contributed by atoms with van der Waals surface area (Å²) >= 11 is 0.804. The zero-order valence-corrected chi connectivity index (χ0v) is 11.7. The van der Waals surface area contributed by atoms with Crippen molar-refractivity contribution in [2.45, 2.75) is 6.18 Å². The highest BCUT2D eigenvalue weighted by atomic mass is 32.1. The van der Waals surface area contributed by atoms with E-state index in [0.717, 1.165) is 17.9 Å². The Morgan fingerprint density at radius 1 is 1.36 bits per heavy atom. The minimum absolute atomic E-state index is 0.112. The van der Waals surface area contributed by atoms with Gasteiger partial charge in [-0.15, -0.1) is 0 Å². The number of amides is 2. The molecule has 0 aliphatic carbocycles. The van der Waals surface area contributed by atoms with Gasteiger partial charge in [-0.3, -0.25) is 9.17 Å². The molecule has 0 saturated carbocycles. The summed E-state index contributed by atoms with van der Waals surface area (Å²) in [6, 6.07) is 0.0408. The van der Waals surface area contributed by atoms with Gasteiger partial charge in [0.1, 0.15) is 28.5 Å². The molecule has 4 N–H and O–H groups in total. The predicted octanol–water partition coefficient (Wildman–Crippen LogP) is 1.74. The number of hydrogen-bond donors (Lipinski definition) is 4. The van der Waals surface area contributed by atoms with Crippen molar-refractivity contribution < 1.29 is 18.0 Å². The van der Waals surface area contributed by atoms with Gasteiger partial charge in [0.2, 0.25) is 0 Å². The average molecular weight is 334 g/mol. The predicted molar refractivity (Wildman–Crippen MR) is 73.3 cm³/mol. The molecule has 2 aromatic rings. The number of aromatic amines is 1. The first-order valence-corrected chi connectivity index (χ1v) is 6.49. The van der Waals surface area contributed by atoms with Gasteiger partial charge in [-0.2, -0.15) is 13.2 Å². The van der Waals surface area contributed by atoms with Gasteiger partial charge in [0, 0.05) is 13.1 Å². The molecule has 118 valence electrons. The van der Waals surface area contributed by atoms with Crippen molar-refractivity contribution in [3.63, 3.8) is 0 Å². The van der Waals surface area contributed by atoms with Crippen molar-refractivity contribution in [3.8, 4) is 0 Å². The van der Waals surface area contributed by atoms with Crippen LogP contribution in [0, 0.1) is 0 Å². The van der Waals surface area contributed by atoms with Crippen LogP contribution in [0.1, 0.15) is 5.69 Å². The van der Waals surface area contributed by atoms with Crippen LogP contribution in [0.4, 0.5) is 34.5 Å². The van der Waals surface area contributed by atoms with Crippen LogP contribution >= 0.6 is 11.5 Å². The molecule has 0 aliphatic heterocycles. The maximum atomic E-state index is 12.6. The molecule has 22 heavy (non-hydrogen) atoms. The van der Waals surface area contributed by atoms with E-state index >= 15 is 0 Å². The van der Waals surface area contributed by atoms with Crippen molar-refractivity contribution >= 4 is 34.1 Å². The standard InChI is InChI=1S/C10H9F3N6O2S/c1-14-9(21)18-6-7(20)19-22-8(6)17-5-2-4(10(11,12)13)15-3-16-5/h2-3H,1H3,(H,19,20)(H2,14,18,21)(H,15,16,17). The van der Waals surface area contributed by atoms with Crippen LogP contribution in [0.2, 0.25) is 0 Å². The highest BCUT2D eigenvalue weighted by molar-refractivity contribution is 7.11. The SMILES string of the molecule is CNC(=O)Nc1c(Nc2cc(C(F)(F)F)ncn2)s[nH]c1=O. The molecule has 0 spiro atoms. The quantitative estimate of drug-likeness (QED) is 0.683. The number of carbonyl (C=O) groups excluding carboxylic acids is 1. The smallest absolute Gasteiger partial charge is 0.341 e. The Labute approximate surface area is 124 Å². The van der Waals surface area contributed by atoms with Crippen molar-refractivity contribution in [3.05, 3.63) is 28.4 Å². The molecule has 2 rings (SSSR count). The van der Waals surface area contributed by atoms with Gasteiger partial charge in [-0.05, 0) is 11.5 Å². The van der Waals surface area contributed by atoms with Gasteiger partial charge in [0.25, 0.3) is 5.56 Å². The lowest BCUT2D eigenvalue weighted by atomic mass is 10.4. The fourth-order valence-corrected chi connectivity index (χ4v) is 2.08. The Kier molecular flexibility index (Phi) is 4.30. The van der Waals surface area contributed by atoms with Crippen LogP contribution in [0.15, 0.2) is 17.2 Å². The van der Waals surface area contributed by atoms with Crippen molar-refractivity contribution in [1.29, 1.82) is 0 Å². The first-order chi connectivity index (χ1) is 10.3. The van der Waals surface area contributed by atoms with Crippen LogP contribution < -0.4 is 21.5 Å². The molecule has 2 aromatic heterocycles. The Hall–Kier alpha value is -2.63. The summed E-state index contributed by atoms with van der Waals surface area (Å²) in [5, 5.41) is 7.15. The molecule has 8 nitrogen and oxygen atoms in total. The number of urea groups is 1. The van der Waals surface area contributed by atoms with Crippen molar-refractivity contribution in [2.24, 2.45) is 0 Å². The summed E-state index contributed by atoms with van der Waals surface area (Å²) in [6.07, 6.45) is -3.87. The third-order valence-corrected chi connectivity index (χ3v) is 3.16. The maximum absolute atomic E-state index is 12.6. The van der Waals surface area contributed by atoms with Gasteiger partial charge in [-0.1, -0.05) is 0 Å². The van der Waals surface area contributed by atoms with E-state index in [1.54, 1.807) is 0 Å². The summed E-state index contributed by atoms with van der Waals surface area (Å²) in [5.74, 6) is -0.169. The topological polar surface area (TPSA) is 112 Å². The Morgan fingerprint density at radius 2 is 2.09 bits per heavy atom. The summed E-state index contributed by atoms with van der Waals surface area (Å²) in [5.41, 5.74) is -1.86. The molecular formula is C10H9F3N6O2S. The molecule has 12 heteroatoms. The number of alkyl halides is 3. The second-order valence-corrected chi connectivity index (χ2v) is 4.67. The summed E-state index contributed by atoms with van der Waals surface area (Å²) < 4.78 is 40.1. The molecule has 0 bridgehead atoms. The van der Waals surface area contributed by atoms with Gasteiger partial charge >= 0.3 is 12.2 Å². The van der Waals surface area contributed by atoms with Crippen LogP contribution in [0.3, 0.4) is 0 Å². The first-order valence-electron chi connectivity index (χ1n) is 5.67. The largest absolute Gasteiger partial charge is 0.433 e. The minimum atomic E-state index is -4.62. The second-order valence-electron chi connectivity index (χ2n) is 3.85. The molecule has 0 radical (unpaired) electrons. The van der Waals surface area contributed by atoms with E-state index in [-0.39, 0.29) is 16.5 Å². The Morgan fingerprint density at radius 3 is 2.73 bits per heavy atom. The number of H-pyrrole nitrogens is 1. The molecular weight excluding hydrogens is 325 g/mol. The van der Waals surface area contributed by atoms with E-state index in [2.05, 4.69) is 30.3 Å². The first kappa shape index (κ1) is 15.8. The Balaban J connectivity index is 2.28. The van der Waals surface area contributed by atoms with E-state index in [1.165, 1.54) is 7.05 Å². The number of nitrogens with zero attached hydrogens (tertiary/aromatic N) is 2. The molecule has 0 saturated heterocycles. The highest BCUT2D eigenvalue weighted by Gasteiger charge is 2.32. The van der Waals surface area contributed by atoms with Crippen LogP contribution in [0.5, 0.6) is 0 Å². The number of halogens is 3. The van der Waals surface area contributed by atoms with Gasteiger partial charge < -0.3 is 16.0 Å². The van der Waals surface area contributed by atoms with E-state index in [4.69, 9.17) is 0 Å². The Bertz CT molecular complexity index is 741. The third kappa shape index (κ3) is 3.52. The highest BCUT2D eigenvalue weighted by Crippen LogP contribution is 2.30. The number of carbonyl (C=O) groups is 1. The summed E-state index contributed by atoms with van der Waals surface area (Å²) in [6.45, 7) is 0. The van der Waals surface area contributed by atoms with E-state index in [0.29, 0.717) is 6.07 Å². The second kappa shape index (κ2) is 6.01. The number of nitrogens with one attached hydrogen (secondary N) is 4. The maximum Gasteiger partial charge on any atom is 0.433 e. The zero-order chi connectivity index (χ0) is 16.3. The van der Waals surface area contributed by atoms with Crippen molar-refractivity contribution in [1.82, 2.24) is 19.7 Å². The molecule has 0 unspecified atom stereocenters. The fraction of sp³-hybridized carbons (Fsp3) is 0.200. The van der Waals surface area contributed by atoms with Gasteiger partial charge in [0.05, 0.1) is 0 Å². The monoisotopic (exact) mass is 334 g/mol. The van der Waals surface area contributed by atoms with Gasteiger partial charge in [-0.25, -0.2) is 14.8 Å². The van der Waals surface area contributed by atoms with E-state index < -0.39 is 23.5 Å². The molecule has 0 aliphatic rings. The lowest BCUT2D eigenvalue weighted by Crippen LogP contribution is -2.27. The summed E-state index contributed by atoms with van der Waals surface area (Å²) in [4.78, 5) is 29.6. The van der Waals surface area contributed by atoms with Crippen molar-refractivity contribution in [2.75, 3.05) is 17.7 Å². The molecule has 2 amide bonds. The lowest BCUT2D eigenvalue weighted by Gasteiger charge is -2.09. The van der Waals surface area contributed by atoms with Crippen LogP contribution in [0.25, 0.3) is 0 Å². The molecule has 0 atom stereocenters. The van der Waals surface area contributed by atoms with Crippen LogP contribution in [-0.4, -0.2) is 27.4 Å².